The molecule has 0 bridgehead atoms. The van der Waals surface area contributed by atoms with Crippen LogP contribution in [0.3, 0.4) is 0 Å². The molecule has 0 aliphatic heterocycles. The minimum atomic E-state index is -1.00. The maximum Gasteiger partial charge on any atom is 0.410 e. The topological polar surface area (TPSA) is 151 Å². The van der Waals surface area contributed by atoms with E-state index in [4.69, 9.17) is 14.6 Å². The van der Waals surface area contributed by atoms with Gasteiger partial charge in [0, 0.05) is 13.0 Å². The zero-order valence-electron chi connectivity index (χ0n) is 31.7. The Morgan fingerprint density at radius 3 is 2.20 bits per heavy atom. The summed E-state index contributed by atoms with van der Waals surface area (Å²) in [6.07, 6.45) is 6.85. The van der Waals surface area contributed by atoms with E-state index in [-0.39, 0.29) is 36.3 Å². The molecule has 3 amide bonds. The van der Waals surface area contributed by atoms with Gasteiger partial charge >= 0.3 is 12.1 Å². The summed E-state index contributed by atoms with van der Waals surface area (Å²) < 4.78 is 11.4. The molecule has 0 aromatic heterocycles. The lowest BCUT2D eigenvalue weighted by Gasteiger charge is -2.33. The zero-order valence-corrected chi connectivity index (χ0v) is 31.7. The Labute approximate surface area is 317 Å². The Kier molecular flexibility index (Phi) is 12.9. The fourth-order valence-corrected chi connectivity index (χ4v) is 6.91. The minimum absolute atomic E-state index is 0.131. The molecule has 11 heteroatoms. The van der Waals surface area contributed by atoms with Crippen LogP contribution in [0.5, 0.6) is 5.75 Å². The average Bonchev–Trinajstić information content (AvgIpc) is 3.16. The Morgan fingerprint density at radius 2 is 1.54 bits per heavy atom. The fourth-order valence-electron chi connectivity index (χ4n) is 6.91. The monoisotopic (exact) mass is 737 g/mol. The summed E-state index contributed by atoms with van der Waals surface area (Å²) in [6.45, 7) is 7.02. The average molecular weight is 738 g/mol. The molecule has 3 N–H and O–H groups in total. The molecule has 0 fully saturated rings. The SMILES string of the molecule is C[C@@H](C(=O)NC(Cc1ccc(OCc2ccc(C(=O)O)cc2)cc1)C(=O)C1CC=CCC1C(=O)NC1CCCc2ccccc21)N(C)C(=O)OC(C)(C)C. The zero-order chi connectivity index (χ0) is 39.0. The maximum absolute atomic E-state index is 14.6. The summed E-state index contributed by atoms with van der Waals surface area (Å²) >= 11 is 0. The molecule has 0 radical (unpaired) electrons. The summed E-state index contributed by atoms with van der Waals surface area (Å²) in [7, 11) is 1.48. The number of allylic oxidation sites excluding steroid dienone is 2. The highest BCUT2D eigenvalue weighted by Crippen LogP contribution is 2.33. The van der Waals surface area contributed by atoms with Crippen molar-refractivity contribution in [2.75, 3.05) is 7.05 Å². The lowest BCUT2D eigenvalue weighted by atomic mass is 9.76. The first-order valence-corrected chi connectivity index (χ1v) is 18.6. The second-order valence-corrected chi connectivity index (χ2v) is 15.2. The second-order valence-electron chi connectivity index (χ2n) is 15.2. The molecule has 5 rings (SSSR count). The van der Waals surface area contributed by atoms with Crippen molar-refractivity contribution >= 4 is 29.7 Å². The number of rotatable bonds is 13. The Morgan fingerprint density at radius 1 is 0.889 bits per heavy atom. The van der Waals surface area contributed by atoms with E-state index in [0.29, 0.717) is 18.6 Å². The van der Waals surface area contributed by atoms with E-state index in [2.05, 4.69) is 22.8 Å². The molecule has 5 atom stereocenters. The van der Waals surface area contributed by atoms with Crippen molar-refractivity contribution in [3.63, 3.8) is 0 Å². The Hall–Kier alpha value is -5.45. The first-order valence-electron chi connectivity index (χ1n) is 18.6. The molecule has 11 nitrogen and oxygen atoms in total. The third-order valence-corrected chi connectivity index (χ3v) is 10.1. The molecule has 3 aromatic carbocycles. The van der Waals surface area contributed by atoms with Gasteiger partial charge in [-0.05, 0) is 113 Å². The molecule has 4 unspecified atom stereocenters. The molecule has 2 aliphatic carbocycles. The van der Waals surface area contributed by atoms with Crippen molar-refractivity contribution in [3.8, 4) is 5.75 Å². The highest BCUT2D eigenvalue weighted by Gasteiger charge is 2.39. The molecular weight excluding hydrogens is 686 g/mol. The van der Waals surface area contributed by atoms with E-state index >= 15 is 0 Å². The molecule has 0 spiro atoms. The quantitative estimate of drug-likeness (QED) is 0.166. The normalized spacial score (nSPS) is 19.0. The van der Waals surface area contributed by atoms with E-state index in [9.17, 15) is 24.0 Å². The van der Waals surface area contributed by atoms with Crippen LogP contribution in [0.2, 0.25) is 0 Å². The molecular formula is C43H51N3O8. The first kappa shape index (κ1) is 39.8. The first-order chi connectivity index (χ1) is 25.7. The molecule has 2 aliphatic rings. The number of carboxylic acids is 1. The van der Waals surface area contributed by atoms with Gasteiger partial charge in [0.1, 0.15) is 24.0 Å². The van der Waals surface area contributed by atoms with Gasteiger partial charge in [0.05, 0.1) is 23.6 Å². The van der Waals surface area contributed by atoms with Crippen LogP contribution in [0.1, 0.15) is 92.0 Å². The van der Waals surface area contributed by atoms with Crippen LogP contribution in [0.15, 0.2) is 84.9 Å². The number of aromatic carboxylic acids is 1. The van der Waals surface area contributed by atoms with Gasteiger partial charge in [-0.1, -0.05) is 60.7 Å². The van der Waals surface area contributed by atoms with Crippen LogP contribution in [-0.2, 0) is 38.6 Å². The highest BCUT2D eigenvalue weighted by atomic mass is 16.6. The minimum Gasteiger partial charge on any atom is -0.489 e. The van der Waals surface area contributed by atoms with E-state index in [1.54, 1.807) is 52.0 Å². The number of amides is 3. The lowest BCUT2D eigenvalue weighted by Crippen LogP contribution is -2.54. The van der Waals surface area contributed by atoms with Crippen molar-refractivity contribution in [2.24, 2.45) is 11.8 Å². The molecule has 54 heavy (non-hydrogen) atoms. The molecule has 286 valence electrons. The molecule has 3 aromatic rings. The number of likely N-dealkylation sites (N-methyl/N-ethyl adjacent to an activating group) is 1. The number of benzene rings is 3. The number of hydrogen-bond acceptors (Lipinski definition) is 7. The van der Waals surface area contributed by atoms with Crippen molar-refractivity contribution in [1.29, 1.82) is 0 Å². The number of ketones is 1. The number of ether oxygens (including phenoxy) is 2. The third-order valence-electron chi connectivity index (χ3n) is 10.1. The van der Waals surface area contributed by atoms with Gasteiger partial charge < -0.3 is 25.2 Å². The van der Waals surface area contributed by atoms with Crippen molar-refractivity contribution in [2.45, 2.75) is 96.6 Å². The number of carbonyl (C=O) groups excluding carboxylic acids is 4. The van der Waals surface area contributed by atoms with Gasteiger partial charge in [-0.25, -0.2) is 9.59 Å². The van der Waals surface area contributed by atoms with Gasteiger partial charge in [0.2, 0.25) is 11.8 Å². The molecule has 0 saturated carbocycles. The van der Waals surface area contributed by atoms with Crippen molar-refractivity contribution in [3.05, 3.63) is 113 Å². The number of nitrogens with zero attached hydrogens (tertiary/aromatic N) is 1. The van der Waals surface area contributed by atoms with Crippen LogP contribution in [-0.4, -0.2) is 64.4 Å². The van der Waals surface area contributed by atoms with E-state index < -0.39 is 47.5 Å². The maximum atomic E-state index is 14.6. The molecule has 0 saturated heterocycles. The van der Waals surface area contributed by atoms with Gasteiger partial charge in [0.15, 0.2) is 5.78 Å². The summed E-state index contributed by atoms with van der Waals surface area (Å²) in [5.74, 6) is -2.68. The smallest absolute Gasteiger partial charge is 0.410 e. The summed E-state index contributed by atoms with van der Waals surface area (Å²) in [5, 5.41) is 15.3. The van der Waals surface area contributed by atoms with Crippen LogP contribution in [0, 0.1) is 11.8 Å². The number of aryl methyl sites for hydroxylation is 1. The van der Waals surface area contributed by atoms with Crippen LogP contribution in [0.25, 0.3) is 0 Å². The van der Waals surface area contributed by atoms with Gasteiger partial charge in [-0.15, -0.1) is 0 Å². The second kappa shape index (κ2) is 17.6. The predicted molar refractivity (Wildman–Crippen MR) is 204 cm³/mol. The Balaban J connectivity index is 1.33. The number of carbonyl (C=O) groups is 5. The Bertz CT molecular complexity index is 1850. The summed E-state index contributed by atoms with van der Waals surface area (Å²) in [4.78, 5) is 67.4. The number of nitrogens with one attached hydrogen (secondary N) is 2. The third kappa shape index (κ3) is 10.4. The molecule has 0 heterocycles. The largest absolute Gasteiger partial charge is 0.489 e. The van der Waals surface area contributed by atoms with Crippen LogP contribution in [0.4, 0.5) is 4.79 Å². The number of hydrogen-bond donors (Lipinski definition) is 3. The standard InChI is InChI=1S/C43H51N3O8/c1-27(46(5)42(52)54-43(2,3)4)39(48)45-37(25-28-19-23-32(24-20-28)53-26-29-17-21-31(22-18-29)41(50)51)38(47)34-14-8-9-15-35(34)40(49)44-36-16-10-12-30-11-6-7-13-33(30)36/h6-9,11,13,17-24,27,34-37H,10,12,14-16,25-26H2,1-5H3,(H,44,49)(H,45,48)(H,50,51)/t27-,34?,35?,36?,37?/m0/s1. The summed E-state index contributed by atoms with van der Waals surface area (Å²) in [6, 6.07) is 19.7. The lowest BCUT2D eigenvalue weighted by molar-refractivity contribution is -0.137. The number of carboxylic acid groups (broad SMARTS) is 1. The summed E-state index contributed by atoms with van der Waals surface area (Å²) in [5.41, 5.74) is 3.33. The van der Waals surface area contributed by atoms with E-state index in [0.717, 1.165) is 36.0 Å². The predicted octanol–water partition coefficient (Wildman–Crippen LogP) is 6.59. The van der Waals surface area contributed by atoms with Crippen LogP contribution < -0.4 is 15.4 Å². The number of Topliss-reactive ketones (excluding diaryl/α,β-unsaturated/α-hetero) is 1. The van der Waals surface area contributed by atoms with Crippen molar-refractivity contribution in [1.82, 2.24) is 15.5 Å². The number of fused-ring (bicyclic) bond motifs is 1. The van der Waals surface area contributed by atoms with Crippen LogP contribution >= 0.6 is 0 Å². The van der Waals surface area contributed by atoms with Gasteiger partial charge in [0.25, 0.3) is 0 Å². The van der Waals surface area contributed by atoms with Gasteiger partial charge in [-0.2, -0.15) is 0 Å². The van der Waals surface area contributed by atoms with E-state index in [1.165, 1.54) is 29.6 Å². The van der Waals surface area contributed by atoms with Crippen molar-refractivity contribution < 1.29 is 38.6 Å². The van der Waals surface area contributed by atoms with Gasteiger partial charge in [-0.3, -0.25) is 19.3 Å². The van der Waals surface area contributed by atoms with E-state index in [1.807, 2.05) is 36.4 Å². The fraction of sp³-hybridized carbons (Fsp3) is 0.419. The highest BCUT2D eigenvalue weighted by molar-refractivity contribution is 5.96.